The summed E-state index contributed by atoms with van der Waals surface area (Å²) in [6, 6.07) is 0. The lowest BCUT2D eigenvalue weighted by atomic mass is 9.94. The van der Waals surface area contributed by atoms with Crippen LogP contribution >= 0.6 is 0 Å². The van der Waals surface area contributed by atoms with E-state index in [1.807, 2.05) is 12.5 Å². The van der Waals surface area contributed by atoms with Gasteiger partial charge < -0.3 is 4.57 Å². The molecule has 1 atom stereocenters. The summed E-state index contributed by atoms with van der Waals surface area (Å²) < 4.78 is 2.16. The number of aromatic nitrogens is 2. The van der Waals surface area contributed by atoms with Gasteiger partial charge in [0.15, 0.2) is 0 Å². The van der Waals surface area contributed by atoms with Gasteiger partial charge in [-0.25, -0.2) is 4.98 Å². The number of likely N-dealkylation sites (tertiary alicyclic amines) is 1. The molecule has 1 fully saturated rings. The van der Waals surface area contributed by atoms with Crippen LogP contribution in [0.3, 0.4) is 0 Å². The van der Waals surface area contributed by atoms with Crippen LogP contribution < -0.4 is 0 Å². The SMILES string of the molecule is CCn1cncc1CN1CCCC(C(C)=O)C1. The summed E-state index contributed by atoms with van der Waals surface area (Å²) in [6.07, 6.45) is 5.99. The molecule has 4 heteroatoms. The minimum absolute atomic E-state index is 0.238. The van der Waals surface area contributed by atoms with E-state index in [9.17, 15) is 4.79 Å². The molecule has 0 saturated carbocycles. The molecule has 1 unspecified atom stereocenters. The highest BCUT2D eigenvalue weighted by Crippen LogP contribution is 2.19. The predicted octanol–water partition coefficient (Wildman–Crippen LogP) is 1.70. The number of hydrogen-bond donors (Lipinski definition) is 0. The minimum atomic E-state index is 0.238. The van der Waals surface area contributed by atoms with Gasteiger partial charge in [0.1, 0.15) is 5.78 Å². The average Bonchev–Trinajstić information content (AvgIpc) is 2.76. The maximum Gasteiger partial charge on any atom is 0.134 e. The van der Waals surface area contributed by atoms with Crippen LogP contribution in [0.25, 0.3) is 0 Å². The van der Waals surface area contributed by atoms with Crippen molar-refractivity contribution in [3.8, 4) is 0 Å². The molecule has 2 rings (SSSR count). The molecule has 1 aromatic rings. The summed E-state index contributed by atoms with van der Waals surface area (Å²) in [5.41, 5.74) is 1.25. The quantitative estimate of drug-likeness (QED) is 0.797. The number of ketones is 1. The molecule has 17 heavy (non-hydrogen) atoms. The molecule has 1 aliphatic rings. The first-order valence-corrected chi connectivity index (χ1v) is 6.42. The molecule has 0 bridgehead atoms. The third-order valence-corrected chi connectivity index (χ3v) is 3.61. The number of nitrogens with zero attached hydrogens (tertiary/aromatic N) is 3. The number of aryl methyl sites for hydroxylation is 1. The molecular weight excluding hydrogens is 214 g/mol. The summed E-state index contributed by atoms with van der Waals surface area (Å²) in [5.74, 6) is 0.570. The van der Waals surface area contributed by atoms with Crippen molar-refractivity contribution in [2.24, 2.45) is 5.92 Å². The molecule has 0 amide bonds. The van der Waals surface area contributed by atoms with Crippen LogP contribution in [0.15, 0.2) is 12.5 Å². The van der Waals surface area contributed by atoms with E-state index >= 15 is 0 Å². The van der Waals surface area contributed by atoms with Gasteiger partial charge in [-0.15, -0.1) is 0 Å². The Balaban J connectivity index is 1.97. The van der Waals surface area contributed by atoms with Gasteiger partial charge in [0.05, 0.1) is 12.0 Å². The largest absolute Gasteiger partial charge is 0.334 e. The topological polar surface area (TPSA) is 38.1 Å². The summed E-state index contributed by atoms with van der Waals surface area (Å²) in [4.78, 5) is 18.0. The normalized spacial score (nSPS) is 21.6. The Labute approximate surface area is 103 Å². The predicted molar refractivity (Wildman–Crippen MR) is 66.6 cm³/mol. The third kappa shape index (κ3) is 2.94. The summed E-state index contributed by atoms with van der Waals surface area (Å²) in [7, 11) is 0. The standard InChI is InChI=1S/C13H21N3O/c1-3-16-10-14-7-13(16)9-15-6-4-5-12(8-15)11(2)17/h7,10,12H,3-6,8-9H2,1-2H3. The fourth-order valence-electron chi connectivity index (χ4n) is 2.52. The fourth-order valence-corrected chi connectivity index (χ4v) is 2.52. The van der Waals surface area contributed by atoms with Crippen LogP contribution in [0.4, 0.5) is 0 Å². The van der Waals surface area contributed by atoms with Gasteiger partial charge in [-0.05, 0) is 33.2 Å². The van der Waals surface area contributed by atoms with Crippen LogP contribution in [0.5, 0.6) is 0 Å². The molecule has 1 aromatic heterocycles. The first-order valence-electron chi connectivity index (χ1n) is 6.42. The van der Waals surface area contributed by atoms with Gasteiger partial charge in [0.25, 0.3) is 0 Å². The van der Waals surface area contributed by atoms with E-state index in [0.29, 0.717) is 5.78 Å². The monoisotopic (exact) mass is 235 g/mol. The second-order valence-electron chi connectivity index (χ2n) is 4.86. The number of hydrogen-bond acceptors (Lipinski definition) is 3. The first kappa shape index (κ1) is 12.3. The number of Topliss-reactive ketones (excluding diaryl/α,β-unsaturated/α-hetero) is 1. The Morgan fingerprint density at radius 3 is 3.12 bits per heavy atom. The van der Waals surface area contributed by atoms with Crippen LogP contribution in [0.2, 0.25) is 0 Å². The molecule has 4 nitrogen and oxygen atoms in total. The molecule has 94 valence electrons. The Morgan fingerprint density at radius 2 is 2.41 bits per heavy atom. The summed E-state index contributed by atoms with van der Waals surface area (Å²) in [5, 5.41) is 0. The Hall–Kier alpha value is -1.16. The second-order valence-corrected chi connectivity index (χ2v) is 4.86. The number of piperidine rings is 1. The lowest BCUT2D eigenvalue weighted by Gasteiger charge is -2.31. The van der Waals surface area contributed by atoms with E-state index < -0.39 is 0 Å². The highest BCUT2D eigenvalue weighted by molar-refractivity contribution is 5.78. The van der Waals surface area contributed by atoms with Crippen molar-refractivity contribution in [1.82, 2.24) is 14.5 Å². The molecule has 2 heterocycles. The van der Waals surface area contributed by atoms with Gasteiger partial charge in [0, 0.05) is 31.7 Å². The highest BCUT2D eigenvalue weighted by Gasteiger charge is 2.23. The van der Waals surface area contributed by atoms with Crippen molar-refractivity contribution in [1.29, 1.82) is 0 Å². The molecule has 1 aliphatic heterocycles. The Bertz CT molecular complexity index is 386. The zero-order chi connectivity index (χ0) is 12.3. The van der Waals surface area contributed by atoms with E-state index in [0.717, 1.165) is 39.0 Å². The lowest BCUT2D eigenvalue weighted by Crippen LogP contribution is -2.37. The van der Waals surface area contributed by atoms with Gasteiger partial charge in [-0.3, -0.25) is 9.69 Å². The maximum absolute atomic E-state index is 11.4. The zero-order valence-electron chi connectivity index (χ0n) is 10.7. The molecule has 1 saturated heterocycles. The highest BCUT2D eigenvalue weighted by atomic mass is 16.1. The van der Waals surface area contributed by atoms with Crippen molar-refractivity contribution >= 4 is 5.78 Å². The first-order chi connectivity index (χ1) is 8.20. The van der Waals surface area contributed by atoms with Gasteiger partial charge in [0.2, 0.25) is 0 Å². The van der Waals surface area contributed by atoms with Crippen molar-refractivity contribution < 1.29 is 4.79 Å². The molecule has 0 aliphatic carbocycles. The van der Waals surface area contributed by atoms with Crippen LogP contribution in [0.1, 0.15) is 32.4 Å². The molecular formula is C13H21N3O. The van der Waals surface area contributed by atoms with E-state index in [1.54, 1.807) is 6.92 Å². The summed E-state index contributed by atoms with van der Waals surface area (Å²) >= 11 is 0. The van der Waals surface area contributed by atoms with E-state index in [2.05, 4.69) is 21.4 Å². The minimum Gasteiger partial charge on any atom is -0.334 e. The van der Waals surface area contributed by atoms with E-state index in [1.165, 1.54) is 5.69 Å². The number of rotatable bonds is 4. The third-order valence-electron chi connectivity index (χ3n) is 3.61. The van der Waals surface area contributed by atoms with Crippen molar-refractivity contribution in [3.05, 3.63) is 18.2 Å². The zero-order valence-corrected chi connectivity index (χ0v) is 10.7. The average molecular weight is 235 g/mol. The van der Waals surface area contributed by atoms with Gasteiger partial charge in [-0.1, -0.05) is 0 Å². The van der Waals surface area contributed by atoms with Crippen molar-refractivity contribution in [2.75, 3.05) is 13.1 Å². The van der Waals surface area contributed by atoms with Gasteiger partial charge >= 0.3 is 0 Å². The molecule has 0 aromatic carbocycles. The van der Waals surface area contributed by atoms with Crippen LogP contribution in [-0.2, 0) is 17.9 Å². The van der Waals surface area contributed by atoms with E-state index in [-0.39, 0.29) is 5.92 Å². The van der Waals surface area contributed by atoms with Gasteiger partial charge in [-0.2, -0.15) is 0 Å². The molecule has 0 radical (unpaired) electrons. The van der Waals surface area contributed by atoms with Crippen LogP contribution in [0, 0.1) is 5.92 Å². The number of carbonyl (C=O) groups is 1. The Morgan fingerprint density at radius 1 is 1.59 bits per heavy atom. The van der Waals surface area contributed by atoms with E-state index in [4.69, 9.17) is 0 Å². The second kappa shape index (κ2) is 5.45. The number of imidazole rings is 1. The number of carbonyl (C=O) groups excluding carboxylic acids is 1. The van der Waals surface area contributed by atoms with Crippen molar-refractivity contribution in [3.63, 3.8) is 0 Å². The lowest BCUT2D eigenvalue weighted by molar-refractivity contribution is -0.122. The molecule has 0 spiro atoms. The van der Waals surface area contributed by atoms with Crippen molar-refractivity contribution in [2.45, 2.75) is 39.8 Å². The Kier molecular flexibility index (Phi) is 3.94. The maximum atomic E-state index is 11.4. The smallest absolute Gasteiger partial charge is 0.134 e. The summed E-state index contributed by atoms with van der Waals surface area (Å²) in [6.45, 7) is 7.71. The fraction of sp³-hybridized carbons (Fsp3) is 0.692. The molecule has 0 N–H and O–H groups in total. The van der Waals surface area contributed by atoms with Crippen LogP contribution in [-0.4, -0.2) is 33.3 Å².